The Morgan fingerprint density at radius 3 is 2.67 bits per heavy atom. The van der Waals surface area contributed by atoms with Gasteiger partial charge in [0, 0.05) is 17.9 Å². The van der Waals surface area contributed by atoms with Gasteiger partial charge in [-0.05, 0) is 49.6 Å². The molecule has 0 spiro atoms. The van der Waals surface area contributed by atoms with Gasteiger partial charge < -0.3 is 19.9 Å². The summed E-state index contributed by atoms with van der Waals surface area (Å²) in [4.78, 5) is 0. The second-order valence-corrected chi connectivity index (χ2v) is 7.14. The van der Waals surface area contributed by atoms with Crippen molar-refractivity contribution in [2.45, 2.75) is 37.5 Å². The van der Waals surface area contributed by atoms with Crippen molar-refractivity contribution >= 4 is 5.69 Å². The predicted molar refractivity (Wildman–Crippen MR) is 105 cm³/mol. The Morgan fingerprint density at radius 2 is 1.85 bits per heavy atom. The van der Waals surface area contributed by atoms with Crippen LogP contribution in [0.4, 0.5) is 5.69 Å². The molecule has 2 aromatic rings. The minimum Gasteiger partial charge on any atom is -0.492 e. The highest BCUT2D eigenvalue weighted by atomic mass is 16.5. The Morgan fingerprint density at radius 1 is 1.00 bits per heavy atom. The molecule has 144 valence electrons. The summed E-state index contributed by atoms with van der Waals surface area (Å²) in [5, 5.41) is 0. The number of nitrogens with two attached hydrogens (primary N) is 1. The van der Waals surface area contributed by atoms with E-state index in [0.29, 0.717) is 13.2 Å². The van der Waals surface area contributed by atoms with Crippen molar-refractivity contribution in [3.05, 3.63) is 54.1 Å². The number of anilines is 1. The third kappa shape index (κ3) is 4.71. The highest BCUT2D eigenvalue weighted by molar-refractivity contribution is 5.41. The fourth-order valence-electron chi connectivity index (χ4n) is 3.55. The van der Waals surface area contributed by atoms with Gasteiger partial charge in [-0.3, -0.25) is 5.43 Å². The lowest BCUT2D eigenvalue weighted by Crippen LogP contribution is -2.34. The molecule has 2 aliphatic heterocycles. The summed E-state index contributed by atoms with van der Waals surface area (Å²) in [5.41, 5.74) is 14.3. The maximum atomic E-state index is 6.07. The lowest BCUT2D eigenvalue weighted by Gasteiger charge is -2.18. The summed E-state index contributed by atoms with van der Waals surface area (Å²) in [6.07, 6.45) is 3.35. The van der Waals surface area contributed by atoms with Crippen LogP contribution in [0, 0.1) is 0 Å². The van der Waals surface area contributed by atoms with E-state index in [1.807, 2.05) is 42.5 Å². The topological polar surface area (TPSA) is 77.8 Å². The standard InChI is InChI=1S/C21H27N3O3/c22-15-7-9-17(10-8-15)26-13-16-12-20(24-23-16)19-5-1-2-6-21(19)27-14-18-4-3-11-25-18/h1-2,5-10,16,18,20,23-24H,3-4,11-14,22H2. The summed E-state index contributed by atoms with van der Waals surface area (Å²) in [5.74, 6) is 1.75. The van der Waals surface area contributed by atoms with Crippen LogP contribution < -0.4 is 26.1 Å². The molecule has 2 fully saturated rings. The molecule has 4 rings (SSSR count). The van der Waals surface area contributed by atoms with Crippen LogP contribution in [-0.2, 0) is 4.74 Å². The van der Waals surface area contributed by atoms with Gasteiger partial charge in [-0.1, -0.05) is 18.2 Å². The zero-order valence-electron chi connectivity index (χ0n) is 15.4. The van der Waals surface area contributed by atoms with Gasteiger partial charge in [0.25, 0.3) is 0 Å². The molecule has 2 heterocycles. The predicted octanol–water partition coefficient (Wildman–Crippen LogP) is 2.81. The van der Waals surface area contributed by atoms with Crippen molar-refractivity contribution in [3.63, 3.8) is 0 Å². The van der Waals surface area contributed by atoms with Crippen LogP contribution in [0.2, 0.25) is 0 Å². The molecule has 27 heavy (non-hydrogen) atoms. The molecule has 0 bridgehead atoms. The second-order valence-electron chi connectivity index (χ2n) is 7.14. The quantitative estimate of drug-likeness (QED) is 0.652. The molecule has 6 heteroatoms. The fourth-order valence-corrected chi connectivity index (χ4v) is 3.55. The Kier molecular flexibility index (Phi) is 5.77. The highest BCUT2D eigenvalue weighted by Crippen LogP contribution is 2.31. The van der Waals surface area contributed by atoms with E-state index in [1.165, 1.54) is 0 Å². The van der Waals surface area contributed by atoms with Crippen LogP contribution in [-0.4, -0.2) is 32.0 Å². The lowest BCUT2D eigenvalue weighted by atomic mass is 10.0. The SMILES string of the molecule is Nc1ccc(OCC2CC(c3ccccc3OCC3CCCO3)NN2)cc1. The van der Waals surface area contributed by atoms with Crippen LogP contribution in [0.3, 0.4) is 0 Å². The Balaban J connectivity index is 1.32. The van der Waals surface area contributed by atoms with Crippen LogP contribution in [0.1, 0.15) is 30.9 Å². The number of benzene rings is 2. The number of nitrogen functional groups attached to an aromatic ring is 1. The summed E-state index contributed by atoms with van der Waals surface area (Å²) in [6.45, 7) is 2.05. The third-order valence-electron chi connectivity index (χ3n) is 5.06. The first kappa shape index (κ1) is 18.1. The second kappa shape index (κ2) is 8.61. The fraction of sp³-hybridized carbons (Fsp3) is 0.429. The molecular weight excluding hydrogens is 342 g/mol. The van der Waals surface area contributed by atoms with E-state index in [0.717, 1.165) is 48.6 Å². The van der Waals surface area contributed by atoms with Gasteiger partial charge in [0.1, 0.15) is 24.7 Å². The summed E-state index contributed by atoms with van der Waals surface area (Å²) >= 11 is 0. The molecule has 3 unspecified atom stereocenters. The Bertz CT molecular complexity index is 732. The van der Waals surface area contributed by atoms with Crippen LogP contribution >= 0.6 is 0 Å². The van der Waals surface area contributed by atoms with Crippen molar-refractivity contribution in [2.75, 3.05) is 25.6 Å². The van der Waals surface area contributed by atoms with E-state index >= 15 is 0 Å². The van der Waals surface area contributed by atoms with E-state index in [2.05, 4.69) is 16.9 Å². The van der Waals surface area contributed by atoms with Gasteiger partial charge >= 0.3 is 0 Å². The maximum Gasteiger partial charge on any atom is 0.124 e. The molecule has 0 aromatic heterocycles. The van der Waals surface area contributed by atoms with E-state index in [4.69, 9.17) is 19.9 Å². The molecule has 4 N–H and O–H groups in total. The summed E-state index contributed by atoms with van der Waals surface area (Å²) < 4.78 is 17.6. The largest absolute Gasteiger partial charge is 0.492 e. The maximum absolute atomic E-state index is 6.07. The van der Waals surface area contributed by atoms with Crippen molar-refractivity contribution in [1.82, 2.24) is 10.9 Å². The zero-order valence-corrected chi connectivity index (χ0v) is 15.4. The first-order valence-corrected chi connectivity index (χ1v) is 9.60. The zero-order chi connectivity index (χ0) is 18.5. The van der Waals surface area contributed by atoms with Crippen LogP contribution in [0.5, 0.6) is 11.5 Å². The van der Waals surface area contributed by atoms with Crippen molar-refractivity contribution in [2.24, 2.45) is 0 Å². The third-order valence-corrected chi connectivity index (χ3v) is 5.06. The van der Waals surface area contributed by atoms with Crippen LogP contribution in [0.15, 0.2) is 48.5 Å². The summed E-state index contributed by atoms with van der Waals surface area (Å²) in [6, 6.07) is 16.1. The van der Waals surface area contributed by atoms with E-state index in [1.54, 1.807) is 0 Å². The van der Waals surface area contributed by atoms with Crippen molar-refractivity contribution in [1.29, 1.82) is 0 Å². The highest BCUT2D eigenvalue weighted by Gasteiger charge is 2.28. The molecule has 0 aliphatic carbocycles. The number of hydrogen-bond acceptors (Lipinski definition) is 6. The smallest absolute Gasteiger partial charge is 0.124 e. The molecule has 0 saturated carbocycles. The number of rotatable bonds is 7. The first-order valence-electron chi connectivity index (χ1n) is 9.60. The molecule has 2 aliphatic rings. The molecular formula is C21H27N3O3. The lowest BCUT2D eigenvalue weighted by molar-refractivity contribution is 0.0674. The minimum absolute atomic E-state index is 0.186. The van der Waals surface area contributed by atoms with Gasteiger partial charge in [-0.2, -0.15) is 0 Å². The average Bonchev–Trinajstić information content (AvgIpc) is 3.38. The summed E-state index contributed by atoms with van der Waals surface area (Å²) in [7, 11) is 0. The van der Waals surface area contributed by atoms with E-state index in [9.17, 15) is 0 Å². The Hall–Kier alpha value is -2.28. The number of ether oxygens (including phenoxy) is 3. The van der Waals surface area contributed by atoms with E-state index in [-0.39, 0.29) is 18.2 Å². The van der Waals surface area contributed by atoms with Gasteiger partial charge in [0.05, 0.1) is 18.2 Å². The minimum atomic E-state index is 0.186. The number of nitrogens with one attached hydrogen (secondary N) is 2. The number of para-hydroxylation sites is 1. The van der Waals surface area contributed by atoms with Crippen LogP contribution in [0.25, 0.3) is 0 Å². The van der Waals surface area contributed by atoms with E-state index < -0.39 is 0 Å². The Labute approximate surface area is 160 Å². The molecule has 3 atom stereocenters. The monoisotopic (exact) mass is 369 g/mol. The molecule has 0 radical (unpaired) electrons. The van der Waals surface area contributed by atoms with Gasteiger partial charge in [0.2, 0.25) is 0 Å². The molecule has 2 saturated heterocycles. The first-order chi connectivity index (χ1) is 13.3. The number of hydrazine groups is 1. The van der Waals surface area contributed by atoms with Crippen molar-refractivity contribution < 1.29 is 14.2 Å². The molecule has 2 aromatic carbocycles. The average molecular weight is 369 g/mol. The number of hydrogen-bond donors (Lipinski definition) is 3. The molecule has 0 amide bonds. The van der Waals surface area contributed by atoms with Gasteiger partial charge in [-0.25, -0.2) is 5.43 Å². The normalized spacial score (nSPS) is 24.8. The molecule has 6 nitrogen and oxygen atoms in total. The van der Waals surface area contributed by atoms with Crippen molar-refractivity contribution in [3.8, 4) is 11.5 Å². The van der Waals surface area contributed by atoms with Gasteiger partial charge in [-0.15, -0.1) is 0 Å². The van der Waals surface area contributed by atoms with Gasteiger partial charge in [0.15, 0.2) is 0 Å².